The number of nitrogen functional groups attached to an aromatic ring is 1. The molecule has 1 amide bonds. The first-order valence-corrected chi connectivity index (χ1v) is 11.3. The lowest BCUT2D eigenvalue weighted by molar-refractivity contribution is 0.0847. The summed E-state index contributed by atoms with van der Waals surface area (Å²) < 4.78 is 5.57. The van der Waals surface area contributed by atoms with Crippen molar-refractivity contribution in [3.05, 3.63) is 42.1 Å². The Bertz CT molecular complexity index is 900. The van der Waals surface area contributed by atoms with Crippen LogP contribution in [0.15, 0.2) is 36.5 Å². The number of hydrogen-bond acceptors (Lipinski definition) is 5. The molecule has 7 nitrogen and oxygen atoms in total. The summed E-state index contributed by atoms with van der Waals surface area (Å²) >= 11 is 0. The first-order chi connectivity index (χ1) is 15.2. The third kappa shape index (κ3) is 6.36. The van der Waals surface area contributed by atoms with Crippen LogP contribution < -0.4 is 15.8 Å². The fourth-order valence-electron chi connectivity index (χ4n) is 4.38. The predicted molar refractivity (Wildman–Crippen MR) is 128 cm³/mol. The first kappa shape index (κ1) is 23.9. The molecule has 1 fully saturated rings. The Morgan fingerprint density at radius 3 is 2.44 bits per heavy atom. The topological polar surface area (TPSA) is 101 Å². The van der Waals surface area contributed by atoms with Gasteiger partial charge in [0.25, 0.3) is 0 Å². The van der Waals surface area contributed by atoms with Crippen molar-refractivity contribution in [1.82, 2.24) is 15.2 Å². The van der Waals surface area contributed by atoms with E-state index in [1.165, 1.54) is 0 Å². The molecule has 0 aliphatic heterocycles. The number of hydrogen-bond donors (Lipinski definition) is 3. The minimum atomic E-state index is -0.810. The van der Waals surface area contributed by atoms with E-state index in [4.69, 9.17) is 10.5 Å². The highest BCUT2D eigenvalue weighted by molar-refractivity contribution is 5.66. The van der Waals surface area contributed by atoms with Gasteiger partial charge in [-0.05, 0) is 60.9 Å². The van der Waals surface area contributed by atoms with Crippen LogP contribution in [0.25, 0.3) is 11.1 Å². The van der Waals surface area contributed by atoms with Crippen molar-refractivity contribution in [2.75, 3.05) is 19.4 Å². The Balaban J connectivity index is 1.61. The zero-order chi connectivity index (χ0) is 23.3. The average Bonchev–Trinajstić information content (AvgIpc) is 2.76. The number of pyridine rings is 1. The van der Waals surface area contributed by atoms with Gasteiger partial charge < -0.3 is 25.8 Å². The number of carbonyl (C=O) groups is 1. The van der Waals surface area contributed by atoms with Gasteiger partial charge in [-0.3, -0.25) is 0 Å². The van der Waals surface area contributed by atoms with E-state index in [1.54, 1.807) is 24.3 Å². The largest absolute Gasteiger partial charge is 0.496 e. The second-order valence-corrected chi connectivity index (χ2v) is 9.86. The molecular formula is C25H36N4O3. The highest BCUT2D eigenvalue weighted by Crippen LogP contribution is 2.29. The zero-order valence-corrected chi connectivity index (χ0v) is 19.6. The van der Waals surface area contributed by atoms with Crippen LogP contribution >= 0.6 is 0 Å². The molecule has 0 saturated heterocycles. The Morgan fingerprint density at radius 1 is 1.19 bits per heavy atom. The minimum absolute atomic E-state index is 0.0466. The van der Waals surface area contributed by atoms with Gasteiger partial charge in [0.2, 0.25) is 0 Å². The van der Waals surface area contributed by atoms with E-state index in [9.17, 15) is 9.90 Å². The molecule has 1 heterocycles. The van der Waals surface area contributed by atoms with Crippen molar-refractivity contribution in [2.45, 2.75) is 65.1 Å². The molecule has 0 bridgehead atoms. The molecular weight excluding hydrogens is 404 g/mol. The van der Waals surface area contributed by atoms with Crippen LogP contribution in [0.2, 0.25) is 0 Å². The lowest BCUT2D eigenvalue weighted by Gasteiger charge is -2.38. The Labute approximate surface area is 191 Å². The summed E-state index contributed by atoms with van der Waals surface area (Å²) in [4.78, 5) is 17.6. The van der Waals surface area contributed by atoms with Crippen molar-refractivity contribution >= 4 is 11.9 Å². The summed E-state index contributed by atoms with van der Waals surface area (Å²) in [6.45, 7) is 7.50. The van der Waals surface area contributed by atoms with Gasteiger partial charge in [0.05, 0.1) is 7.11 Å². The van der Waals surface area contributed by atoms with Crippen molar-refractivity contribution in [3.8, 4) is 16.9 Å². The van der Waals surface area contributed by atoms with Gasteiger partial charge in [0, 0.05) is 42.5 Å². The molecule has 7 heteroatoms. The Kier molecular flexibility index (Phi) is 7.61. The molecule has 1 aliphatic rings. The summed E-state index contributed by atoms with van der Waals surface area (Å²) in [7, 11) is 1.68. The van der Waals surface area contributed by atoms with Crippen molar-refractivity contribution < 1.29 is 14.6 Å². The molecule has 0 atom stereocenters. The SMILES string of the molecule is COc1ccc(-c2ccc(N)nc2)cc1CNC1CCC(N(CC(C)(C)C)C(=O)O)CC1. The van der Waals surface area contributed by atoms with E-state index in [-0.39, 0.29) is 11.5 Å². The number of aromatic nitrogens is 1. The highest BCUT2D eigenvalue weighted by Gasteiger charge is 2.31. The minimum Gasteiger partial charge on any atom is -0.496 e. The van der Waals surface area contributed by atoms with Gasteiger partial charge in [-0.25, -0.2) is 9.78 Å². The fourth-order valence-corrected chi connectivity index (χ4v) is 4.38. The van der Waals surface area contributed by atoms with Crippen molar-refractivity contribution in [1.29, 1.82) is 0 Å². The summed E-state index contributed by atoms with van der Waals surface area (Å²) in [6, 6.07) is 10.4. The van der Waals surface area contributed by atoms with E-state index >= 15 is 0 Å². The number of carboxylic acid groups (broad SMARTS) is 1. The van der Waals surface area contributed by atoms with Gasteiger partial charge in [0.15, 0.2) is 0 Å². The molecule has 1 aliphatic carbocycles. The maximum atomic E-state index is 11.8. The number of methoxy groups -OCH3 is 1. The Hall–Kier alpha value is -2.80. The van der Waals surface area contributed by atoms with Crippen LogP contribution in [-0.2, 0) is 6.54 Å². The monoisotopic (exact) mass is 440 g/mol. The van der Waals surface area contributed by atoms with Gasteiger partial charge in [-0.1, -0.05) is 26.8 Å². The number of ether oxygens (including phenoxy) is 1. The molecule has 174 valence electrons. The van der Waals surface area contributed by atoms with E-state index in [2.05, 4.69) is 37.1 Å². The number of anilines is 1. The predicted octanol–water partition coefficient (Wildman–Crippen LogP) is 4.77. The number of nitrogens with one attached hydrogen (secondary N) is 1. The maximum Gasteiger partial charge on any atom is 0.407 e. The molecule has 0 unspecified atom stereocenters. The number of amides is 1. The van der Waals surface area contributed by atoms with Crippen molar-refractivity contribution in [2.24, 2.45) is 5.41 Å². The molecule has 3 rings (SSSR count). The standard InChI is InChI=1S/C25H36N4O3/c1-25(2,3)16-29(24(30)31)21-9-7-20(8-10-21)27-15-19-13-17(5-11-22(19)32-4)18-6-12-23(26)28-14-18/h5-6,11-14,20-21,27H,7-10,15-16H2,1-4H3,(H2,26,28)(H,30,31). The first-order valence-electron chi connectivity index (χ1n) is 11.3. The van der Waals surface area contributed by atoms with Crippen LogP contribution in [0.3, 0.4) is 0 Å². The van der Waals surface area contributed by atoms with Crippen LogP contribution in [-0.4, -0.2) is 46.8 Å². The van der Waals surface area contributed by atoms with Gasteiger partial charge >= 0.3 is 6.09 Å². The van der Waals surface area contributed by atoms with Crippen LogP contribution in [0.4, 0.5) is 10.6 Å². The quantitative estimate of drug-likeness (QED) is 0.574. The van der Waals surface area contributed by atoms with Crippen LogP contribution in [0, 0.1) is 5.41 Å². The summed E-state index contributed by atoms with van der Waals surface area (Å²) in [5, 5.41) is 13.3. The third-order valence-corrected chi connectivity index (χ3v) is 6.01. The molecule has 4 N–H and O–H groups in total. The highest BCUT2D eigenvalue weighted by atomic mass is 16.5. The Morgan fingerprint density at radius 2 is 1.88 bits per heavy atom. The van der Waals surface area contributed by atoms with Gasteiger partial charge in [-0.15, -0.1) is 0 Å². The van der Waals surface area contributed by atoms with Crippen LogP contribution in [0.1, 0.15) is 52.0 Å². The zero-order valence-electron chi connectivity index (χ0n) is 19.6. The normalized spacial score (nSPS) is 18.9. The molecule has 32 heavy (non-hydrogen) atoms. The third-order valence-electron chi connectivity index (χ3n) is 6.01. The lowest BCUT2D eigenvalue weighted by Crippen LogP contribution is -2.47. The summed E-state index contributed by atoms with van der Waals surface area (Å²) in [6.07, 6.45) is 4.66. The molecule has 0 spiro atoms. The molecule has 2 aromatic rings. The van der Waals surface area contributed by atoms with E-state index in [1.807, 2.05) is 18.2 Å². The lowest BCUT2D eigenvalue weighted by atomic mass is 9.88. The van der Waals surface area contributed by atoms with Crippen LogP contribution in [0.5, 0.6) is 5.75 Å². The fraction of sp³-hybridized carbons (Fsp3) is 0.520. The smallest absolute Gasteiger partial charge is 0.407 e. The maximum absolute atomic E-state index is 11.8. The second-order valence-electron chi connectivity index (χ2n) is 9.86. The summed E-state index contributed by atoms with van der Waals surface area (Å²) in [5.41, 5.74) is 8.83. The molecule has 1 saturated carbocycles. The number of nitrogens with two attached hydrogens (primary N) is 1. The molecule has 1 aromatic heterocycles. The molecule has 0 radical (unpaired) electrons. The van der Waals surface area contributed by atoms with Crippen molar-refractivity contribution in [3.63, 3.8) is 0 Å². The van der Waals surface area contributed by atoms with Gasteiger partial charge in [-0.2, -0.15) is 0 Å². The van der Waals surface area contributed by atoms with E-state index < -0.39 is 6.09 Å². The van der Waals surface area contributed by atoms with E-state index in [0.717, 1.165) is 48.1 Å². The van der Waals surface area contributed by atoms with E-state index in [0.29, 0.717) is 24.9 Å². The number of nitrogens with zero attached hydrogens (tertiary/aromatic N) is 2. The van der Waals surface area contributed by atoms with Gasteiger partial charge in [0.1, 0.15) is 11.6 Å². The summed E-state index contributed by atoms with van der Waals surface area (Å²) in [5.74, 6) is 1.35. The second kappa shape index (κ2) is 10.2. The average molecular weight is 441 g/mol. The number of benzene rings is 1. The molecule has 1 aromatic carbocycles. The number of rotatable bonds is 7.